The number of likely N-dealkylation sites (tertiary alicyclic amines) is 1. The largest absolute Gasteiger partial charge is 0.480 e. The van der Waals surface area contributed by atoms with Crippen LogP contribution in [0.4, 0.5) is 5.69 Å². The van der Waals surface area contributed by atoms with Gasteiger partial charge in [0.05, 0.1) is 11.8 Å². The van der Waals surface area contributed by atoms with Crippen LogP contribution < -0.4 is 5.01 Å². The Bertz CT molecular complexity index is 766. The van der Waals surface area contributed by atoms with Crippen molar-refractivity contribution in [3.05, 3.63) is 30.3 Å². The van der Waals surface area contributed by atoms with Crippen molar-refractivity contribution in [1.29, 1.82) is 0 Å². The van der Waals surface area contributed by atoms with Gasteiger partial charge in [0.1, 0.15) is 5.71 Å². The molecule has 28 heavy (non-hydrogen) atoms. The minimum absolute atomic E-state index is 0.0274. The van der Waals surface area contributed by atoms with Gasteiger partial charge in [-0.05, 0) is 37.8 Å². The molecule has 1 aromatic rings. The summed E-state index contributed by atoms with van der Waals surface area (Å²) in [5.41, 5.74) is 0.965. The predicted octanol–water partition coefficient (Wildman–Crippen LogP) is 2.25. The van der Waals surface area contributed by atoms with Crippen molar-refractivity contribution in [2.45, 2.75) is 63.1 Å². The molecule has 4 atom stereocenters. The highest BCUT2D eigenvalue weighted by atomic mass is 16.4. The van der Waals surface area contributed by atoms with Crippen LogP contribution in [0.25, 0.3) is 0 Å². The molecular formula is C21H27N3O4. The van der Waals surface area contributed by atoms with Gasteiger partial charge in [-0.25, -0.2) is 4.79 Å². The van der Waals surface area contributed by atoms with E-state index in [4.69, 9.17) is 0 Å². The Morgan fingerprint density at radius 2 is 1.79 bits per heavy atom. The highest BCUT2D eigenvalue weighted by Crippen LogP contribution is 2.35. The Morgan fingerprint density at radius 3 is 2.50 bits per heavy atom. The first kappa shape index (κ1) is 18.9. The number of carboxylic acids is 1. The molecule has 0 aromatic heterocycles. The fourth-order valence-electron chi connectivity index (χ4n) is 4.89. The van der Waals surface area contributed by atoms with Gasteiger partial charge in [-0.3, -0.25) is 9.80 Å². The molecule has 7 heteroatoms. The lowest BCUT2D eigenvalue weighted by molar-refractivity contribution is -0.138. The lowest BCUT2D eigenvalue weighted by Crippen LogP contribution is -2.47. The first-order chi connectivity index (χ1) is 13.6. The van der Waals surface area contributed by atoms with Gasteiger partial charge in [-0.1, -0.05) is 31.0 Å². The van der Waals surface area contributed by atoms with Crippen LogP contribution in [0.15, 0.2) is 35.4 Å². The number of hydrazone groups is 1. The Kier molecular flexibility index (Phi) is 5.35. The number of aliphatic hydroxyl groups is 1. The van der Waals surface area contributed by atoms with Crippen LogP contribution in [0.5, 0.6) is 0 Å². The summed E-state index contributed by atoms with van der Waals surface area (Å²) in [7, 11) is 0. The first-order valence-electron chi connectivity index (χ1n) is 10.2. The van der Waals surface area contributed by atoms with Crippen molar-refractivity contribution in [1.82, 2.24) is 4.90 Å². The van der Waals surface area contributed by atoms with E-state index in [2.05, 4.69) is 5.10 Å². The first-order valence-corrected chi connectivity index (χ1v) is 10.2. The summed E-state index contributed by atoms with van der Waals surface area (Å²) in [6.45, 7) is 0.648. The Balaban J connectivity index is 1.56. The fourth-order valence-corrected chi connectivity index (χ4v) is 4.89. The van der Waals surface area contributed by atoms with Crippen LogP contribution in [0.2, 0.25) is 0 Å². The van der Waals surface area contributed by atoms with Crippen LogP contribution >= 0.6 is 0 Å². The van der Waals surface area contributed by atoms with Gasteiger partial charge in [0.2, 0.25) is 0 Å². The zero-order valence-electron chi connectivity index (χ0n) is 15.9. The minimum atomic E-state index is -0.990. The van der Waals surface area contributed by atoms with Gasteiger partial charge in [0.25, 0.3) is 5.91 Å². The number of benzene rings is 1. The maximum atomic E-state index is 13.2. The number of anilines is 1. The molecule has 1 aliphatic carbocycles. The molecule has 1 aromatic carbocycles. The minimum Gasteiger partial charge on any atom is -0.480 e. The molecule has 2 fully saturated rings. The Hall–Kier alpha value is -2.41. The van der Waals surface area contributed by atoms with E-state index in [0.717, 1.165) is 38.5 Å². The number of carbonyl (C=O) groups is 2. The lowest BCUT2D eigenvalue weighted by atomic mass is 9.80. The molecule has 1 amide bonds. The number of amides is 1. The second-order valence-electron chi connectivity index (χ2n) is 8.01. The van der Waals surface area contributed by atoms with Crippen LogP contribution in [-0.4, -0.2) is 57.4 Å². The summed E-state index contributed by atoms with van der Waals surface area (Å²) in [6, 6.07) is 8.25. The van der Waals surface area contributed by atoms with Gasteiger partial charge < -0.3 is 15.1 Å². The second-order valence-corrected chi connectivity index (χ2v) is 8.01. The number of carboxylic acid groups (broad SMARTS) is 1. The van der Waals surface area contributed by atoms with Crippen molar-refractivity contribution < 1.29 is 19.8 Å². The number of aliphatic carboxylic acids is 1. The number of nitrogens with zero attached hydrogens (tertiary/aromatic N) is 3. The second kappa shape index (κ2) is 7.91. The highest BCUT2D eigenvalue weighted by molar-refractivity contribution is 6.40. The highest BCUT2D eigenvalue weighted by Gasteiger charge is 2.43. The maximum Gasteiger partial charge on any atom is 0.328 e. The number of rotatable bonds is 4. The van der Waals surface area contributed by atoms with Gasteiger partial charge in [0, 0.05) is 24.9 Å². The molecule has 2 aliphatic heterocycles. The van der Waals surface area contributed by atoms with Crippen molar-refractivity contribution in [2.24, 2.45) is 11.0 Å². The standard InChI is InChI=1S/C21H27N3O4/c25-19-11-5-4-9-15(19)17-10-6-12-23(17)20(26)16-13-18(21(27)28)24(22-16)14-7-2-1-3-8-14/h1-3,7-8,15,17-19,25H,4-6,9-13H2,(H,27,28). The van der Waals surface area contributed by atoms with Crippen LogP contribution in [0.1, 0.15) is 44.9 Å². The molecular weight excluding hydrogens is 358 g/mol. The molecule has 150 valence electrons. The average Bonchev–Trinajstić information content (AvgIpc) is 3.36. The van der Waals surface area contributed by atoms with E-state index < -0.39 is 12.0 Å². The average molecular weight is 385 g/mol. The quantitative estimate of drug-likeness (QED) is 0.829. The zero-order chi connectivity index (χ0) is 19.7. The van der Waals surface area contributed by atoms with E-state index in [1.807, 2.05) is 23.1 Å². The number of aliphatic hydroxyl groups excluding tert-OH is 1. The number of hydrogen-bond acceptors (Lipinski definition) is 5. The third kappa shape index (κ3) is 3.51. The molecule has 3 aliphatic rings. The summed E-state index contributed by atoms with van der Waals surface area (Å²) < 4.78 is 0. The van der Waals surface area contributed by atoms with E-state index in [1.165, 1.54) is 5.01 Å². The molecule has 4 rings (SSSR count). The molecule has 7 nitrogen and oxygen atoms in total. The molecule has 2 heterocycles. The Morgan fingerprint density at radius 1 is 1.04 bits per heavy atom. The topological polar surface area (TPSA) is 93.4 Å². The van der Waals surface area contributed by atoms with Crippen molar-refractivity contribution in [3.8, 4) is 0 Å². The number of para-hydroxylation sites is 1. The molecule has 2 N–H and O–H groups in total. The summed E-state index contributed by atoms with van der Waals surface area (Å²) in [4.78, 5) is 26.8. The molecule has 1 saturated heterocycles. The molecule has 0 spiro atoms. The van der Waals surface area contributed by atoms with Crippen LogP contribution in [0, 0.1) is 5.92 Å². The lowest BCUT2D eigenvalue weighted by Gasteiger charge is -2.37. The molecule has 1 saturated carbocycles. The van der Waals surface area contributed by atoms with E-state index in [1.54, 1.807) is 12.1 Å². The van der Waals surface area contributed by atoms with E-state index in [9.17, 15) is 19.8 Å². The summed E-state index contributed by atoms with van der Waals surface area (Å²) in [5, 5.41) is 25.9. The number of carbonyl (C=O) groups excluding carboxylic acids is 1. The SMILES string of the molecule is O=C(O)C1CC(C(=O)N2CCCC2C2CCCCC2O)=NN1c1ccccc1. The zero-order valence-corrected chi connectivity index (χ0v) is 15.9. The van der Waals surface area contributed by atoms with Crippen molar-refractivity contribution in [3.63, 3.8) is 0 Å². The van der Waals surface area contributed by atoms with E-state index in [-0.39, 0.29) is 30.4 Å². The fraction of sp³-hybridized carbons (Fsp3) is 0.571. The van der Waals surface area contributed by atoms with Gasteiger partial charge in [0.15, 0.2) is 6.04 Å². The Labute approximate surface area is 164 Å². The van der Waals surface area contributed by atoms with Gasteiger partial charge in [-0.15, -0.1) is 0 Å². The van der Waals surface area contributed by atoms with Gasteiger partial charge in [-0.2, -0.15) is 5.10 Å². The third-order valence-electron chi connectivity index (χ3n) is 6.30. The smallest absolute Gasteiger partial charge is 0.328 e. The summed E-state index contributed by atoms with van der Waals surface area (Å²) >= 11 is 0. The van der Waals surface area contributed by atoms with Crippen LogP contribution in [-0.2, 0) is 9.59 Å². The molecule has 0 radical (unpaired) electrons. The monoisotopic (exact) mass is 385 g/mol. The summed E-state index contributed by atoms with van der Waals surface area (Å²) in [6.07, 6.45) is 5.41. The molecule has 4 unspecified atom stereocenters. The predicted molar refractivity (Wildman–Crippen MR) is 105 cm³/mol. The maximum absolute atomic E-state index is 13.2. The third-order valence-corrected chi connectivity index (χ3v) is 6.30. The molecule has 0 bridgehead atoms. The van der Waals surface area contributed by atoms with E-state index in [0.29, 0.717) is 17.9 Å². The van der Waals surface area contributed by atoms with Gasteiger partial charge >= 0.3 is 5.97 Å². The number of hydrogen-bond donors (Lipinski definition) is 2. The van der Waals surface area contributed by atoms with Crippen molar-refractivity contribution >= 4 is 23.3 Å². The van der Waals surface area contributed by atoms with Crippen molar-refractivity contribution in [2.75, 3.05) is 11.6 Å². The normalized spacial score (nSPS) is 30.4. The van der Waals surface area contributed by atoms with E-state index >= 15 is 0 Å². The van der Waals surface area contributed by atoms with Crippen LogP contribution in [0.3, 0.4) is 0 Å². The summed E-state index contributed by atoms with van der Waals surface area (Å²) in [5.74, 6) is -1.05.